The highest BCUT2D eigenvalue weighted by atomic mass is 19.4. The lowest BCUT2D eigenvalue weighted by Gasteiger charge is -2.30. The molecule has 0 unspecified atom stereocenters. The fraction of sp³-hybridized carbons (Fsp3) is 0.667. The predicted octanol–water partition coefficient (Wildman–Crippen LogP) is 4.74. The number of hydrogen-bond acceptors (Lipinski definition) is 2. The van der Waals surface area contributed by atoms with Gasteiger partial charge in [-0.25, -0.2) is 0 Å². The van der Waals surface area contributed by atoms with Crippen LogP contribution in [0.1, 0.15) is 0 Å². The Hall–Kier alpha value is -1.64. The summed E-state index contributed by atoms with van der Waals surface area (Å²) in [5, 5.41) is 0. The standard InChI is InChI=1S/C6F14N2/c7-1(21(3(9,10)11)4(12,13)14)2(8)22(5(15,16)17)6(18,19)20/b2-1+. The minimum atomic E-state index is -6.89. The minimum Gasteiger partial charge on any atom is -0.182 e. The molecular weight excluding hydrogens is 366 g/mol. The normalized spacial score (nSPS) is 15.5. The Balaban J connectivity index is 6.25. The average molecular weight is 366 g/mol. The fourth-order valence-electron chi connectivity index (χ4n) is 0.917. The third-order valence-electron chi connectivity index (χ3n) is 1.58. The second-order valence-electron chi connectivity index (χ2n) is 3.12. The molecular formula is C6F14N2. The van der Waals surface area contributed by atoms with E-state index < -0.39 is 46.9 Å². The van der Waals surface area contributed by atoms with Crippen molar-refractivity contribution in [3.63, 3.8) is 0 Å². The van der Waals surface area contributed by atoms with Gasteiger partial charge in [-0.15, -0.1) is 52.7 Å². The van der Waals surface area contributed by atoms with Gasteiger partial charge in [0.05, 0.1) is 0 Å². The molecule has 0 aliphatic rings. The van der Waals surface area contributed by atoms with Gasteiger partial charge in [-0.2, -0.15) is 18.6 Å². The van der Waals surface area contributed by atoms with Gasteiger partial charge in [0.1, 0.15) is 0 Å². The van der Waals surface area contributed by atoms with Gasteiger partial charge >= 0.3 is 25.2 Å². The molecule has 0 rings (SSSR count). The minimum absolute atomic E-state index is 3.49. The van der Waals surface area contributed by atoms with Crippen LogP contribution in [0.3, 0.4) is 0 Å². The van der Waals surface area contributed by atoms with E-state index in [0.29, 0.717) is 0 Å². The largest absolute Gasteiger partial charge is 0.493 e. The van der Waals surface area contributed by atoms with Crippen LogP contribution in [0.25, 0.3) is 0 Å². The summed E-state index contributed by atoms with van der Waals surface area (Å²) in [7, 11) is 0. The molecule has 0 aromatic heterocycles. The first-order chi connectivity index (χ1) is 9.31. The van der Waals surface area contributed by atoms with Crippen molar-refractivity contribution in [3.8, 4) is 0 Å². The third-order valence-corrected chi connectivity index (χ3v) is 1.58. The first kappa shape index (κ1) is 20.4. The molecule has 0 saturated heterocycles. The Kier molecular flexibility index (Phi) is 5.12. The molecule has 0 amide bonds. The third kappa shape index (κ3) is 4.69. The molecule has 0 aliphatic heterocycles. The van der Waals surface area contributed by atoms with Crippen LogP contribution in [0.4, 0.5) is 61.5 Å². The lowest BCUT2D eigenvalue weighted by Crippen LogP contribution is -2.50. The lowest BCUT2D eigenvalue weighted by atomic mass is 10.6. The van der Waals surface area contributed by atoms with Crippen molar-refractivity contribution in [2.45, 2.75) is 25.2 Å². The summed E-state index contributed by atoms with van der Waals surface area (Å²) in [5.41, 5.74) is 0. The van der Waals surface area contributed by atoms with Crippen molar-refractivity contribution in [2.24, 2.45) is 0 Å². The Morgan fingerprint density at radius 3 is 0.636 bits per heavy atom. The molecule has 2 nitrogen and oxygen atoms in total. The highest BCUT2D eigenvalue weighted by molar-refractivity contribution is 5.02. The van der Waals surface area contributed by atoms with E-state index in [9.17, 15) is 61.5 Å². The van der Waals surface area contributed by atoms with Crippen LogP contribution in [0.2, 0.25) is 0 Å². The van der Waals surface area contributed by atoms with Crippen molar-refractivity contribution in [3.05, 3.63) is 11.9 Å². The summed E-state index contributed by atoms with van der Waals surface area (Å²) in [6.07, 6.45) is -27.5. The van der Waals surface area contributed by atoms with Gasteiger partial charge in [0.15, 0.2) is 0 Å². The topological polar surface area (TPSA) is 6.48 Å². The molecule has 0 saturated carbocycles. The second kappa shape index (κ2) is 5.53. The predicted molar refractivity (Wildman–Crippen MR) is 37.1 cm³/mol. The monoisotopic (exact) mass is 366 g/mol. The molecule has 0 aliphatic carbocycles. The summed E-state index contributed by atoms with van der Waals surface area (Å²) in [5.74, 6) is -8.98. The number of halogens is 14. The van der Waals surface area contributed by atoms with E-state index in [4.69, 9.17) is 0 Å². The molecule has 0 atom stereocenters. The molecule has 0 radical (unpaired) electrons. The van der Waals surface area contributed by atoms with Gasteiger partial charge in [-0.05, 0) is 0 Å². The first-order valence-corrected chi connectivity index (χ1v) is 4.24. The zero-order valence-electron chi connectivity index (χ0n) is 9.19. The van der Waals surface area contributed by atoms with Crippen LogP contribution in [-0.4, -0.2) is 35.0 Å². The Morgan fingerprint density at radius 1 is 0.409 bits per heavy atom. The quantitative estimate of drug-likeness (QED) is 0.515. The molecule has 16 heteroatoms. The number of hydrogen-bond donors (Lipinski definition) is 0. The van der Waals surface area contributed by atoms with Crippen LogP contribution in [0, 0.1) is 0 Å². The van der Waals surface area contributed by atoms with E-state index in [2.05, 4.69) is 0 Å². The van der Waals surface area contributed by atoms with Crippen LogP contribution in [0.5, 0.6) is 0 Å². The maximum absolute atomic E-state index is 12.7. The van der Waals surface area contributed by atoms with E-state index in [-0.39, 0.29) is 0 Å². The van der Waals surface area contributed by atoms with E-state index in [1.807, 2.05) is 0 Å². The first-order valence-electron chi connectivity index (χ1n) is 4.24. The van der Waals surface area contributed by atoms with Gasteiger partial charge in [0.2, 0.25) is 0 Å². The number of nitrogens with zero attached hydrogens (tertiary/aromatic N) is 2. The van der Waals surface area contributed by atoms with Crippen molar-refractivity contribution in [2.75, 3.05) is 0 Å². The molecule has 0 heterocycles. The van der Waals surface area contributed by atoms with E-state index in [1.165, 1.54) is 0 Å². The zero-order chi connectivity index (χ0) is 18.3. The van der Waals surface area contributed by atoms with Gasteiger partial charge in [0, 0.05) is 0 Å². The molecule has 0 aromatic carbocycles. The Bertz CT molecular complexity index is 353. The Morgan fingerprint density at radius 2 is 0.545 bits per heavy atom. The molecule has 0 aromatic rings. The van der Waals surface area contributed by atoms with Crippen molar-refractivity contribution in [1.29, 1.82) is 0 Å². The Labute approximate surface area is 110 Å². The molecule has 0 N–H and O–H groups in total. The van der Waals surface area contributed by atoms with Crippen LogP contribution in [-0.2, 0) is 0 Å². The maximum atomic E-state index is 12.7. The van der Waals surface area contributed by atoms with Crippen LogP contribution < -0.4 is 0 Å². The van der Waals surface area contributed by atoms with Crippen molar-refractivity contribution in [1.82, 2.24) is 9.80 Å². The second-order valence-corrected chi connectivity index (χ2v) is 3.12. The van der Waals surface area contributed by atoms with E-state index in [1.54, 1.807) is 0 Å². The van der Waals surface area contributed by atoms with Gasteiger partial charge in [-0.3, -0.25) is 0 Å². The highest BCUT2D eigenvalue weighted by Gasteiger charge is 2.61. The lowest BCUT2D eigenvalue weighted by molar-refractivity contribution is -0.380. The maximum Gasteiger partial charge on any atom is 0.493 e. The number of alkyl halides is 12. The highest BCUT2D eigenvalue weighted by Crippen LogP contribution is 2.43. The van der Waals surface area contributed by atoms with Crippen molar-refractivity contribution >= 4 is 0 Å². The van der Waals surface area contributed by atoms with E-state index >= 15 is 0 Å². The summed E-state index contributed by atoms with van der Waals surface area (Å²) in [6, 6.07) is 0. The summed E-state index contributed by atoms with van der Waals surface area (Å²) >= 11 is 0. The van der Waals surface area contributed by atoms with Gasteiger partial charge < -0.3 is 0 Å². The average Bonchev–Trinajstić information content (AvgIpc) is 2.06. The van der Waals surface area contributed by atoms with E-state index in [0.717, 1.165) is 0 Å². The summed E-state index contributed by atoms with van der Waals surface area (Å²) in [4.78, 5) is -6.97. The molecule has 0 spiro atoms. The zero-order valence-corrected chi connectivity index (χ0v) is 9.19. The smallest absolute Gasteiger partial charge is 0.182 e. The van der Waals surface area contributed by atoms with Crippen molar-refractivity contribution < 1.29 is 61.5 Å². The SMILES string of the molecule is F/C(=C(/F)N(C(F)(F)F)C(F)(F)F)N(C(F)(F)F)C(F)(F)F. The number of rotatable bonds is 2. The molecule has 0 fully saturated rings. The molecule has 0 bridgehead atoms. The summed E-state index contributed by atoms with van der Waals surface area (Å²) < 4.78 is 168. The van der Waals surface area contributed by atoms with Crippen LogP contribution >= 0.6 is 0 Å². The van der Waals surface area contributed by atoms with Crippen LogP contribution in [0.15, 0.2) is 11.9 Å². The summed E-state index contributed by atoms with van der Waals surface area (Å²) in [6.45, 7) is 0. The fourth-order valence-corrected chi connectivity index (χ4v) is 0.917. The molecule has 132 valence electrons. The molecule has 22 heavy (non-hydrogen) atoms. The van der Waals surface area contributed by atoms with Gasteiger partial charge in [-0.1, -0.05) is 0 Å². The van der Waals surface area contributed by atoms with Gasteiger partial charge in [0.25, 0.3) is 11.9 Å².